The fourth-order valence-electron chi connectivity index (χ4n) is 3.62. The van der Waals surface area contributed by atoms with E-state index in [9.17, 15) is 4.79 Å². The zero-order valence-electron chi connectivity index (χ0n) is 13.9. The summed E-state index contributed by atoms with van der Waals surface area (Å²) in [4.78, 5) is 25.5. The van der Waals surface area contributed by atoms with Gasteiger partial charge in [-0.15, -0.1) is 0 Å². The Hall–Kier alpha value is -1.69. The Balaban J connectivity index is 1.47. The summed E-state index contributed by atoms with van der Waals surface area (Å²) in [6.07, 6.45) is 9.16. The first-order valence-corrected chi connectivity index (χ1v) is 8.56. The molecule has 2 aliphatic heterocycles. The van der Waals surface area contributed by atoms with Crippen LogP contribution in [0.15, 0.2) is 18.6 Å². The van der Waals surface area contributed by atoms with Gasteiger partial charge in [0.15, 0.2) is 0 Å². The van der Waals surface area contributed by atoms with Gasteiger partial charge < -0.3 is 14.5 Å². The van der Waals surface area contributed by atoms with Gasteiger partial charge in [0.2, 0.25) is 5.91 Å². The Labute approximate surface area is 137 Å². The highest BCUT2D eigenvalue weighted by Crippen LogP contribution is 2.25. The fraction of sp³-hybridized carbons (Fsp3) is 0.706. The first-order chi connectivity index (χ1) is 11.3. The van der Waals surface area contributed by atoms with Gasteiger partial charge in [0.1, 0.15) is 5.82 Å². The van der Waals surface area contributed by atoms with Crippen molar-refractivity contribution in [2.24, 2.45) is 11.8 Å². The maximum absolute atomic E-state index is 12.7. The smallest absolute Gasteiger partial charge is 0.225 e. The normalized spacial score (nSPS) is 20.7. The number of hydrogen-bond acceptors (Lipinski definition) is 5. The van der Waals surface area contributed by atoms with Gasteiger partial charge in [0, 0.05) is 58.2 Å². The van der Waals surface area contributed by atoms with E-state index in [-0.39, 0.29) is 5.92 Å². The molecule has 3 rings (SSSR count). The Morgan fingerprint density at radius 2 is 1.91 bits per heavy atom. The van der Waals surface area contributed by atoms with Gasteiger partial charge in [-0.25, -0.2) is 4.98 Å². The van der Waals surface area contributed by atoms with E-state index in [1.54, 1.807) is 25.7 Å². The molecule has 2 saturated heterocycles. The van der Waals surface area contributed by atoms with Crippen molar-refractivity contribution in [3.05, 3.63) is 18.6 Å². The summed E-state index contributed by atoms with van der Waals surface area (Å²) in [5.41, 5.74) is 0. The highest BCUT2D eigenvalue weighted by Gasteiger charge is 2.31. The molecule has 0 bridgehead atoms. The lowest BCUT2D eigenvalue weighted by Crippen LogP contribution is -2.46. The van der Waals surface area contributed by atoms with E-state index < -0.39 is 0 Å². The van der Waals surface area contributed by atoms with E-state index in [0.717, 1.165) is 64.3 Å². The summed E-state index contributed by atoms with van der Waals surface area (Å²) in [7, 11) is 1.75. The van der Waals surface area contributed by atoms with Crippen molar-refractivity contribution in [3.8, 4) is 0 Å². The number of carbonyl (C=O) groups excluding carboxylic acids is 1. The number of nitrogens with zero attached hydrogens (tertiary/aromatic N) is 4. The molecule has 2 aliphatic rings. The molecule has 1 aromatic rings. The molecule has 6 nitrogen and oxygen atoms in total. The predicted octanol–water partition coefficient (Wildman–Crippen LogP) is 1.58. The molecule has 1 aromatic heterocycles. The molecule has 0 spiro atoms. The van der Waals surface area contributed by atoms with E-state index in [1.807, 2.05) is 0 Å². The molecule has 0 atom stereocenters. The van der Waals surface area contributed by atoms with Crippen molar-refractivity contribution in [1.29, 1.82) is 0 Å². The second-order valence-electron chi connectivity index (χ2n) is 6.55. The van der Waals surface area contributed by atoms with E-state index in [1.165, 1.54) is 0 Å². The highest BCUT2D eigenvalue weighted by molar-refractivity contribution is 5.79. The van der Waals surface area contributed by atoms with Crippen LogP contribution in [0.25, 0.3) is 0 Å². The summed E-state index contributed by atoms with van der Waals surface area (Å²) in [5.74, 6) is 2.04. The van der Waals surface area contributed by atoms with Crippen LogP contribution < -0.4 is 4.90 Å². The van der Waals surface area contributed by atoms with E-state index in [2.05, 4.69) is 19.8 Å². The molecular weight excluding hydrogens is 292 g/mol. The summed E-state index contributed by atoms with van der Waals surface area (Å²) < 4.78 is 5.23. The van der Waals surface area contributed by atoms with Crippen molar-refractivity contribution in [2.75, 3.05) is 44.8 Å². The maximum atomic E-state index is 12.7. The summed E-state index contributed by atoms with van der Waals surface area (Å²) >= 11 is 0. The molecule has 0 saturated carbocycles. The molecule has 0 aliphatic carbocycles. The number of methoxy groups -OCH3 is 1. The minimum Gasteiger partial charge on any atom is -0.384 e. The van der Waals surface area contributed by atoms with Gasteiger partial charge in [0.25, 0.3) is 0 Å². The number of carbonyl (C=O) groups is 1. The fourth-order valence-corrected chi connectivity index (χ4v) is 3.62. The third kappa shape index (κ3) is 3.99. The first-order valence-electron chi connectivity index (χ1n) is 8.56. The van der Waals surface area contributed by atoms with Crippen molar-refractivity contribution < 1.29 is 9.53 Å². The average molecular weight is 318 g/mol. The van der Waals surface area contributed by atoms with Crippen LogP contribution >= 0.6 is 0 Å². The zero-order chi connectivity index (χ0) is 16.1. The molecule has 0 aromatic carbocycles. The molecule has 126 valence electrons. The number of piperidine rings is 2. The van der Waals surface area contributed by atoms with Crippen molar-refractivity contribution in [3.63, 3.8) is 0 Å². The SMILES string of the molecule is COCC1CCN(C(=O)C2CCN(c3cnccn3)CC2)CC1. The van der Waals surface area contributed by atoms with E-state index in [4.69, 9.17) is 4.74 Å². The maximum Gasteiger partial charge on any atom is 0.225 e. The number of aromatic nitrogens is 2. The lowest BCUT2D eigenvalue weighted by molar-refractivity contribution is -0.137. The Morgan fingerprint density at radius 1 is 1.17 bits per heavy atom. The molecule has 2 fully saturated rings. The van der Waals surface area contributed by atoms with E-state index in [0.29, 0.717) is 11.8 Å². The van der Waals surface area contributed by atoms with E-state index >= 15 is 0 Å². The number of amides is 1. The van der Waals surface area contributed by atoms with Crippen LogP contribution in [-0.4, -0.2) is 60.7 Å². The van der Waals surface area contributed by atoms with Gasteiger partial charge in [-0.05, 0) is 31.6 Å². The van der Waals surface area contributed by atoms with Crippen molar-refractivity contribution in [1.82, 2.24) is 14.9 Å². The molecular formula is C17H26N4O2. The second kappa shape index (κ2) is 7.73. The predicted molar refractivity (Wildman–Crippen MR) is 88.1 cm³/mol. The number of anilines is 1. The van der Waals surface area contributed by atoms with Gasteiger partial charge in [-0.2, -0.15) is 0 Å². The topological polar surface area (TPSA) is 58.6 Å². The zero-order valence-corrected chi connectivity index (χ0v) is 13.9. The van der Waals surface area contributed by atoms with Gasteiger partial charge >= 0.3 is 0 Å². The third-order valence-electron chi connectivity index (χ3n) is 5.05. The molecule has 1 amide bonds. The van der Waals surface area contributed by atoms with Crippen molar-refractivity contribution >= 4 is 11.7 Å². The number of hydrogen-bond donors (Lipinski definition) is 0. The van der Waals surface area contributed by atoms with Crippen LogP contribution in [0.3, 0.4) is 0 Å². The Bertz CT molecular complexity index is 495. The summed E-state index contributed by atoms with van der Waals surface area (Å²) in [5, 5.41) is 0. The Morgan fingerprint density at radius 3 is 2.52 bits per heavy atom. The quantitative estimate of drug-likeness (QED) is 0.843. The minimum atomic E-state index is 0.168. The second-order valence-corrected chi connectivity index (χ2v) is 6.55. The number of ether oxygens (including phenoxy) is 1. The largest absolute Gasteiger partial charge is 0.384 e. The van der Waals surface area contributed by atoms with Crippen LogP contribution in [0.2, 0.25) is 0 Å². The Kier molecular flexibility index (Phi) is 5.43. The standard InChI is InChI=1S/C17H26N4O2/c1-23-13-14-2-8-21(9-3-14)17(22)15-4-10-20(11-5-15)16-12-18-6-7-19-16/h6-7,12,14-15H,2-5,8-11,13H2,1H3. The molecule has 0 N–H and O–H groups in total. The third-order valence-corrected chi connectivity index (χ3v) is 5.05. The van der Waals surface area contributed by atoms with Crippen LogP contribution in [0.4, 0.5) is 5.82 Å². The minimum absolute atomic E-state index is 0.168. The molecule has 0 radical (unpaired) electrons. The van der Waals surface area contributed by atoms with Crippen LogP contribution in [0.5, 0.6) is 0 Å². The molecule has 3 heterocycles. The van der Waals surface area contributed by atoms with Crippen molar-refractivity contribution in [2.45, 2.75) is 25.7 Å². The first kappa shape index (κ1) is 16.2. The number of rotatable bonds is 4. The molecule has 6 heteroatoms. The number of likely N-dealkylation sites (tertiary alicyclic amines) is 1. The summed E-state index contributed by atoms with van der Waals surface area (Å²) in [6.45, 7) is 4.36. The van der Waals surface area contributed by atoms with Gasteiger partial charge in [-0.3, -0.25) is 9.78 Å². The highest BCUT2D eigenvalue weighted by atomic mass is 16.5. The lowest BCUT2D eigenvalue weighted by Gasteiger charge is -2.37. The monoisotopic (exact) mass is 318 g/mol. The molecule has 0 unspecified atom stereocenters. The lowest BCUT2D eigenvalue weighted by atomic mass is 9.92. The van der Waals surface area contributed by atoms with Gasteiger partial charge in [0.05, 0.1) is 6.20 Å². The summed E-state index contributed by atoms with van der Waals surface area (Å²) in [6, 6.07) is 0. The van der Waals surface area contributed by atoms with Gasteiger partial charge in [-0.1, -0.05) is 0 Å². The van der Waals surface area contributed by atoms with Crippen LogP contribution in [0, 0.1) is 11.8 Å². The molecule has 23 heavy (non-hydrogen) atoms. The van der Waals surface area contributed by atoms with Crippen LogP contribution in [0.1, 0.15) is 25.7 Å². The average Bonchev–Trinajstić information content (AvgIpc) is 2.63. The van der Waals surface area contributed by atoms with Crippen LogP contribution in [-0.2, 0) is 9.53 Å².